The van der Waals surface area contributed by atoms with Gasteiger partial charge in [0.2, 0.25) is 0 Å². The highest BCUT2D eigenvalue weighted by Crippen LogP contribution is 2.34. The van der Waals surface area contributed by atoms with E-state index >= 15 is 0 Å². The van der Waals surface area contributed by atoms with E-state index in [0.717, 1.165) is 6.07 Å². The van der Waals surface area contributed by atoms with E-state index in [1.54, 1.807) is 54.6 Å². The standard InChI is InChI=1S/C23H17ClF3NO3.HNO2S/c1-30-22(29)17-9-7-15(8-10-17)14-31-28-21(16-5-3-2-4-6-16)19-13-18(24)11-12-20(19)23(25,26)27;1-4(2)3/h2-13H,14H2,1H3;1H/b28-21+;. The highest BCUT2D eigenvalue weighted by molar-refractivity contribution is 7.60. The number of nitrogens with zero attached hydrogens (tertiary/aromatic N) is 1. The van der Waals surface area contributed by atoms with Crippen molar-refractivity contribution in [2.75, 3.05) is 7.11 Å². The summed E-state index contributed by atoms with van der Waals surface area (Å²) in [7, 11) is -1.33. The van der Waals surface area contributed by atoms with Crippen LogP contribution in [0, 0.1) is 4.78 Å². The molecule has 35 heavy (non-hydrogen) atoms. The summed E-state index contributed by atoms with van der Waals surface area (Å²) in [6.45, 7) is -0.0142. The van der Waals surface area contributed by atoms with Crippen molar-refractivity contribution >= 4 is 33.8 Å². The normalized spacial score (nSPS) is 11.2. The Balaban J connectivity index is 0.00000100. The molecule has 0 amide bonds. The summed E-state index contributed by atoms with van der Waals surface area (Å²) >= 11 is 5.98. The van der Waals surface area contributed by atoms with Crippen LogP contribution in [-0.4, -0.2) is 27.2 Å². The zero-order chi connectivity index (χ0) is 26.0. The lowest BCUT2D eigenvalue weighted by Gasteiger charge is -2.15. The van der Waals surface area contributed by atoms with Gasteiger partial charge < -0.3 is 9.57 Å². The highest BCUT2D eigenvalue weighted by Gasteiger charge is 2.35. The maximum Gasteiger partial charge on any atom is 0.417 e. The fourth-order valence-electron chi connectivity index (χ4n) is 2.84. The number of methoxy groups -OCH3 is 1. The Morgan fingerprint density at radius 2 is 1.60 bits per heavy atom. The zero-order valence-electron chi connectivity index (χ0n) is 18.0. The summed E-state index contributed by atoms with van der Waals surface area (Å²) < 4.78 is 68.3. The molecular formula is C23H18ClF3N2O5S. The Hall–Kier alpha value is -3.70. The van der Waals surface area contributed by atoms with Crippen LogP contribution in [0.4, 0.5) is 13.2 Å². The number of carbonyl (C=O) groups is 1. The second kappa shape index (κ2) is 12.7. The van der Waals surface area contributed by atoms with E-state index in [9.17, 15) is 18.0 Å². The Bertz CT molecular complexity index is 1290. The van der Waals surface area contributed by atoms with Gasteiger partial charge in [0.25, 0.3) is 0 Å². The Kier molecular flexibility index (Phi) is 9.98. The molecule has 12 heteroatoms. The molecule has 0 fully saturated rings. The monoisotopic (exact) mass is 526 g/mol. The van der Waals surface area contributed by atoms with E-state index in [1.807, 2.05) is 0 Å². The summed E-state index contributed by atoms with van der Waals surface area (Å²) in [5.41, 5.74) is 0.426. The molecule has 0 aromatic heterocycles. The van der Waals surface area contributed by atoms with Gasteiger partial charge in [0.15, 0.2) is 0 Å². The van der Waals surface area contributed by atoms with E-state index in [0.29, 0.717) is 16.7 Å². The van der Waals surface area contributed by atoms with Gasteiger partial charge in [-0.3, -0.25) is 0 Å². The summed E-state index contributed by atoms with van der Waals surface area (Å²) in [5.74, 6) is -0.475. The predicted octanol–water partition coefficient (Wildman–Crippen LogP) is 5.74. The molecule has 184 valence electrons. The van der Waals surface area contributed by atoms with Crippen LogP contribution >= 0.6 is 11.6 Å². The summed E-state index contributed by atoms with van der Waals surface area (Å²) in [6, 6.07) is 18.1. The van der Waals surface area contributed by atoms with Crippen LogP contribution in [0.5, 0.6) is 0 Å². The number of halogens is 4. The molecule has 0 aliphatic carbocycles. The number of rotatable bonds is 6. The lowest BCUT2D eigenvalue weighted by atomic mass is 9.97. The molecule has 0 saturated carbocycles. The number of oxime groups is 1. The van der Waals surface area contributed by atoms with Crippen LogP contribution in [0.25, 0.3) is 0 Å². The van der Waals surface area contributed by atoms with E-state index in [1.165, 1.54) is 19.2 Å². The zero-order valence-corrected chi connectivity index (χ0v) is 19.6. The second-order valence-electron chi connectivity index (χ2n) is 6.69. The second-order valence-corrected chi connectivity index (χ2v) is 7.60. The number of hydrogen-bond donors (Lipinski definition) is 1. The molecule has 0 spiro atoms. The lowest BCUT2D eigenvalue weighted by molar-refractivity contribution is -0.137. The summed E-state index contributed by atoms with van der Waals surface area (Å²) in [4.78, 5) is 16.9. The lowest BCUT2D eigenvalue weighted by Crippen LogP contribution is -2.15. The molecule has 0 radical (unpaired) electrons. The first kappa shape index (κ1) is 27.5. The predicted molar refractivity (Wildman–Crippen MR) is 123 cm³/mol. The van der Waals surface area contributed by atoms with Crippen molar-refractivity contribution < 1.29 is 36.0 Å². The number of benzene rings is 3. The SMILES string of the molecule is COC(=O)c1ccc(CO/N=C(\c2ccccc2)c2cc(Cl)ccc2C(F)(F)F)cc1.N=S(=O)=O. The van der Waals surface area contributed by atoms with Crippen LogP contribution in [-0.2, 0) is 32.9 Å². The first-order chi connectivity index (χ1) is 16.5. The van der Waals surface area contributed by atoms with E-state index in [-0.39, 0.29) is 22.9 Å². The number of ether oxygens (including phenoxy) is 1. The molecule has 0 unspecified atom stereocenters. The van der Waals surface area contributed by atoms with Crippen LogP contribution in [0.1, 0.15) is 32.6 Å². The fraction of sp³-hybridized carbons (Fsp3) is 0.130. The van der Waals surface area contributed by atoms with Crippen LogP contribution in [0.2, 0.25) is 5.02 Å². The Morgan fingerprint density at radius 1 is 1.00 bits per heavy atom. The van der Waals surface area contributed by atoms with Crippen molar-refractivity contribution in [3.05, 3.63) is 106 Å². The van der Waals surface area contributed by atoms with Gasteiger partial charge in [-0.25, -0.2) is 4.79 Å². The van der Waals surface area contributed by atoms with Crippen molar-refractivity contribution in [2.45, 2.75) is 12.8 Å². The minimum absolute atomic E-state index is 0.00149. The smallest absolute Gasteiger partial charge is 0.417 e. The highest BCUT2D eigenvalue weighted by atomic mass is 35.5. The third kappa shape index (κ3) is 8.54. The molecule has 3 aromatic rings. The van der Waals surface area contributed by atoms with Crippen molar-refractivity contribution in [2.24, 2.45) is 5.16 Å². The molecule has 0 saturated heterocycles. The first-order valence-corrected chi connectivity index (χ1v) is 11.1. The van der Waals surface area contributed by atoms with E-state index < -0.39 is 28.2 Å². The molecule has 0 atom stereocenters. The number of carbonyl (C=O) groups excluding carboxylic acids is 1. The molecule has 0 aliphatic rings. The largest absolute Gasteiger partial charge is 0.465 e. The molecule has 0 aliphatic heterocycles. The molecule has 1 N–H and O–H groups in total. The quantitative estimate of drug-likeness (QED) is 0.250. The van der Waals surface area contributed by atoms with Crippen molar-refractivity contribution in [3.8, 4) is 0 Å². The van der Waals surface area contributed by atoms with E-state index in [2.05, 4.69) is 9.89 Å². The van der Waals surface area contributed by atoms with Gasteiger partial charge in [0.05, 0.1) is 18.2 Å². The first-order valence-electron chi connectivity index (χ1n) is 9.63. The Labute approximate surface area is 205 Å². The van der Waals surface area contributed by atoms with Gasteiger partial charge in [-0.2, -0.15) is 26.4 Å². The van der Waals surface area contributed by atoms with Gasteiger partial charge in [0, 0.05) is 16.1 Å². The van der Waals surface area contributed by atoms with Gasteiger partial charge in [0.1, 0.15) is 12.3 Å². The third-order valence-corrected chi connectivity index (χ3v) is 4.59. The van der Waals surface area contributed by atoms with Crippen LogP contribution in [0.15, 0.2) is 78.0 Å². The third-order valence-electron chi connectivity index (χ3n) is 4.35. The minimum atomic E-state index is -4.60. The van der Waals surface area contributed by atoms with Crippen molar-refractivity contribution in [1.82, 2.24) is 0 Å². The van der Waals surface area contributed by atoms with E-state index in [4.69, 9.17) is 29.6 Å². The summed E-state index contributed by atoms with van der Waals surface area (Å²) in [6.07, 6.45) is -4.60. The van der Waals surface area contributed by atoms with Gasteiger partial charge >= 0.3 is 22.6 Å². The van der Waals surface area contributed by atoms with Gasteiger partial charge in [-0.15, -0.1) is 0 Å². The molecule has 0 bridgehead atoms. The van der Waals surface area contributed by atoms with Crippen LogP contribution in [0.3, 0.4) is 0 Å². The minimum Gasteiger partial charge on any atom is -0.465 e. The molecule has 3 rings (SSSR count). The van der Waals surface area contributed by atoms with Crippen molar-refractivity contribution in [1.29, 1.82) is 4.78 Å². The van der Waals surface area contributed by atoms with Gasteiger partial charge in [-0.1, -0.05) is 59.2 Å². The number of alkyl halides is 3. The average molecular weight is 527 g/mol. The maximum absolute atomic E-state index is 13.6. The van der Waals surface area contributed by atoms with Crippen LogP contribution < -0.4 is 0 Å². The maximum atomic E-state index is 13.6. The fourth-order valence-corrected chi connectivity index (χ4v) is 3.01. The average Bonchev–Trinajstić information content (AvgIpc) is 2.81. The molecule has 7 nitrogen and oxygen atoms in total. The van der Waals surface area contributed by atoms with Gasteiger partial charge in [-0.05, 0) is 35.9 Å². The number of hydrogen-bond acceptors (Lipinski definition) is 7. The topological polar surface area (TPSA) is 106 Å². The Morgan fingerprint density at radius 3 is 2.14 bits per heavy atom. The summed E-state index contributed by atoms with van der Waals surface area (Å²) in [5, 5.41) is 4.16. The molecule has 0 heterocycles. The number of esters is 1. The molecule has 3 aromatic carbocycles. The molecular weight excluding hydrogens is 509 g/mol. The number of nitrogens with one attached hydrogen (secondary N) is 1. The van der Waals surface area contributed by atoms with Crippen molar-refractivity contribution in [3.63, 3.8) is 0 Å².